The predicted molar refractivity (Wildman–Crippen MR) is 143 cm³/mol. The molecule has 0 spiro atoms. The third-order valence-corrected chi connectivity index (χ3v) is 7.67. The van der Waals surface area contributed by atoms with Crippen LogP contribution in [0.1, 0.15) is 48.3 Å². The van der Waals surface area contributed by atoms with Crippen molar-refractivity contribution in [1.82, 2.24) is 5.16 Å². The monoisotopic (exact) mass is 528 g/mol. The number of hydrogen-bond donors (Lipinski definition) is 1. The van der Waals surface area contributed by atoms with Gasteiger partial charge in [-0.05, 0) is 61.6 Å². The van der Waals surface area contributed by atoms with Crippen LogP contribution in [0.25, 0.3) is 22.5 Å². The van der Waals surface area contributed by atoms with E-state index in [1.807, 2.05) is 42.5 Å². The topological polar surface area (TPSA) is 90.7 Å². The molecule has 2 heterocycles. The van der Waals surface area contributed by atoms with Gasteiger partial charge in [-0.1, -0.05) is 59.2 Å². The Kier molecular flexibility index (Phi) is 5.95. The lowest BCUT2D eigenvalue weighted by molar-refractivity contribution is -0.109. The zero-order valence-electron chi connectivity index (χ0n) is 20.9. The second-order valence-corrected chi connectivity index (χ2v) is 10.2. The normalized spacial score (nSPS) is 15.4. The molecule has 7 nitrogen and oxygen atoms in total. The standard InChI is InChI=1S/C30H25ClN2O5/c1-17-27(32-29(35)37-18(2)22-5-3-4-6-25(22)31)28(38-33-17)19-7-9-24-23-10-8-21(30(16-34)11-12-30)13-20(23)15-36-26(24)14-19/h3-10,13-14,16,18H,11-12,15H2,1-2H3,(H,32,35). The highest BCUT2D eigenvalue weighted by molar-refractivity contribution is 6.31. The lowest BCUT2D eigenvalue weighted by atomic mass is 9.89. The highest BCUT2D eigenvalue weighted by Gasteiger charge is 2.44. The Morgan fingerprint density at radius 1 is 1.13 bits per heavy atom. The van der Waals surface area contributed by atoms with Gasteiger partial charge < -0.3 is 18.8 Å². The Morgan fingerprint density at radius 3 is 2.68 bits per heavy atom. The molecule has 1 amide bonds. The number of halogens is 1. The van der Waals surface area contributed by atoms with Crippen LogP contribution in [-0.2, 0) is 21.6 Å². The summed E-state index contributed by atoms with van der Waals surface area (Å²) in [6.45, 7) is 3.91. The molecule has 38 heavy (non-hydrogen) atoms. The van der Waals surface area contributed by atoms with Crippen molar-refractivity contribution in [3.63, 3.8) is 0 Å². The number of carbonyl (C=O) groups is 2. The van der Waals surface area contributed by atoms with Gasteiger partial charge in [-0.2, -0.15) is 0 Å². The second kappa shape index (κ2) is 9.33. The summed E-state index contributed by atoms with van der Waals surface area (Å²) in [5.41, 5.74) is 6.18. The molecule has 1 atom stereocenters. The van der Waals surface area contributed by atoms with E-state index < -0.39 is 12.2 Å². The van der Waals surface area contributed by atoms with Gasteiger partial charge in [0.25, 0.3) is 0 Å². The van der Waals surface area contributed by atoms with Gasteiger partial charge in [0.05, 0.1) is 5.41 Å². The fourth-order valence-electron chi connectivity index (χ4n) is 4.93. The average molecular weight is 529 g/mol. The molecule has 1 aromatic heterocycles. The third-order valence-electron chi connectivity index (χ3n) is 7.33. The van der Waals surface area contributed by atoms with E-state index in [4.69, 9.17) is 25.6 Å². The van der Waals surface area contributed by atoms with Crippen LogP contribution in [0.2, 0.25) is 5.02 Å². The molecule has 0 bridgehead atoms. The molecular weight excluding hydrogens is 504 g/mol. The van der Waals surface area contributed by atoms with Crippen LogP contribution < -0.4 is 10.1 Å². The fraction of sp³-hybridized carbons (Fsp3) is 0.233. The van der Waals surface area contributed by atoms with E-state index in [1.54, 1.807) is 19.9 Å². The summed E-state index contributed by atoms with van der Waals surface area (Å²) in [7, 11) is 0. The Bertz CT molecular complexity index is 1570. The van der Waals surface area contributed by atoms with Crippen molar-refractivity contribution in [1.29, 1.82) is 0 Å². The summed E-state index contributed by atoms with van der Waals surface area (Å²) >= 11 is 6.24. The third kappa shape index (κ3) is 4.23. The van der Waals surface area contributed by atoms with Gasteiger partial charge in [-0.3, -0.25) is 5.32 Å². The molecule has 0 saturated heterocycles. The maximum absolute atomic E-state index is 12.7. The number of aryl methyl sites for hydroxylation is 1. The van der Waals surface area contributed by atoms with E-state index in [1.165, 1.54) is 0 Å². The minimum absolute atomic E-state index is 0.320. The molecule has 2 aliphatic rings. The van der Waals surface area contributed by atoms with Crippen molar-refractivity contribution in [2.45, 2.75) is 44.8 Å². The summed E-state index contributed by atoms with van der Waals surface area (Å²) in [5.74, 6) is 1.10. The average Bonchev–Trinajstić information content (AvgIpc) is 3.65. The second-order valence-electron chi connectivity index (χ2n) is 9.81. The number of aromatic nitrogens is 1. The van der Waals surface area contributed by atoms with Crippen LogP contribution in [-0.4, -0.2) is 17.5 Å². The minimum atomic E-state index is -0.646. The van der Waals surface area contributed by atoms with Gasteiger partial charge in [-0.25, -0.2) is 4.79 Å². The van der Waals surface area contributed by atoms with Crippen LogP contribution >= 0.6 is 11.6 Å². The molecule has 1 aliphatic heterocycles. The van der Waals surface area contributed by atoms with E-state index in [2.05, 4.69) is 22.6 Å². The van der Waals surface area contributed by atoms with Crippen molar-refractivity contribution in [2.24, 2.45) is 0 Å². The van der Waals surface area contributed by atoms with Crippen LogP contribution in [0.15, 0.2) is 65.2 Å². The number of nitrogens with one attached hydrogen (secondary N) is 1. The van der Waals surface area contributed by atoms with E-state index >= 15 is 0 Å². The SMILES string of the molecule is Cc1noc(-c2ccc3c(c2)OCc2cc(C4(C=O)CC4)ccc2-3)c1NC(=O)OC(C)c1ccccc1Cl. The lowest BCUT2D eigenvalue weighted by Crippen LogP contribution is -2.17. The van der Waals surface area contributed by atoms with Crippen molar-refractivity contribution in [3.05, 3.63) is 88.1 Å². The molecule has 3 aromatic carbocycles. The number of amides is 1. The van der Waals surface area contributed by atoms with E-state index in [0.717, 1.165) is 41.4 Å². The Labute approximate surface area is 224 Å². The molecule has 192 valence electrons. The number of aldehydes is 1. The molecule has 1 N–H and O–H groups in total. The first kappa shape index (κ1) is 24.2. The number of rotatable bonds is 6. The van der Waals surface area contributed by atoms with Crippen LogP contribution in [0.3, 0.4) is 0 Å². The van der Waals surface area contributed by atoms with Gasteiger partial charge in [0.2, 0.25) is 0 Å². The molecule has 1 saturated carbocycles. The summed E-state index contributed by atoms with van der Waals surface area (Å²) in [5, 5.41) is 7.36. The Balaban J connectivity index is 1.24. The molecule has 1 aliphatic carbocycles. The quantitative estimate of drug-likeness (QED) is 0.262. The molecule has 8 heteroatoms. The highest BCUT2D eigenvalue weighted by atomic mass is 35.5. The summed E-state index contributed by atoms with van der Waals surface area (Å²) in [6, 6.07) is 19.2. The van der Waals surface area contributed by atoms with Crippen molar-refractivity contribution in [3.8, 4) is 28.2 Å². The first-order valence-electron chi connectivity index (χ1n) is 12.4. The van der Waals surface area contributed by atoms with Crippen molar-refractivity contribution in [2.75, 3.05) is 5.32 Å². The van der Waals surface area contributed by atoms with Crippen LogP contribution in [0.5, 0.6) is 5.75 Å². The van der Waals surface area contributed by atoms with Gasteiger partial charge in [0.1, 0.15) is 36.1 Å². The van der Waals surface area contributed by atoms with Gasteiger partial charge in [-0.15, -0.1) is 0 Å². The Hall–Kier alpha value is -4.10. The van der Waals surface area contributed by atoms with E-state index in [9.17, 15) is 9.59 Å². The largest absolute Gasteiger partial charge is 0.488 e. The first-order valence-corrected chi connectivity index (χ1v) is 12.8. The molecule has 0 radical (unpaired) electrons. The number of ether oxygens (including phenoxy) is 2. The zero-order valence-corrected chi connectivity index (χ0v) is 21.7. The maximum atomic E-state index is 12.7. The zero-order chi connectivity index (χ0) is 26.4. The molecular formula is C30H25ClN2O5. The van der Waals surface area contributed by atoms with Crippen LogP contribution in [0.4, 0.5) is 10.5 Å². The highest BCUT2D eigenvalue weighted by Crippen LogP contribution is 2.48. The predicted octanol–water partition coefficient (Wildman–Crippen LogP) is 7.40. The molecule has 1 fully saturated rings. The number of hydrogen-bond acceptors (Lipinski definition) is 6. The first-order chi connectivity index (χ1) is 18.4. The van der Waals surface area contributed by atoms with Crippen molar-refractivity contribution < 1.29 is 23.6 Å². The summed E-state index contributed by atoms with van der Waals surface area (Å²) in [6.07, 6.45) is 1.67. The molecule has 4 aromatic rings. The van der Waals surface area contributed by atoms with Crippen LogP contribution in [0, 0.1) is 6.92 Å². The lowest BCUT2D eigenvalue weighted by Gasteiger charge is -2.23. The van der Waals surface area contributed by atoms with Gasteiger partial charge in [0.15, 0.2) is 5.76 Å². The summed E-state index contributed by atoms with van der Waals surface area (Å²) < 4.78 is 17.3. The van der Waals surface area contributed by atoms with Gasteiger partial charge in [0, 0.05) is 21.7 Å². The molecule has 1 unspecified atom stereocenters. The minimum Gasteiger partial charge on any atom is -0.488 e. The van der Waals surface area contributed by atoms with E-state index in [0.29, 0.717) is 45.6 Å². The summed E-state index contributed by atoms with van der Waals surface area (Å²) in [4.78, 5) is 24.3. The smallest absolute Gasteiger partial charge is 0.412 e. The number of benzene rings is 3. The van der Waals surface area contributed by atoms with Gasteiger partial charge >= 0.3 is 6.09 Å². The van der Waals surface area contributed by atoms with E-state index in [-0.39, 0.29) is 5.41 Å². The maximum Gasteiger partial charge on any atom is 0.412 e. The van der Waals surface area contributed by atoms with Crippen molar-refractivity contribution >= 4 is 29.7 Å². The fourth-order valence-corrected chi connectivity index (χ4v) is 5.22. The number of carbonyl (C=O) groups excluding carboxylic acids is 2. The molecule has 6 rings (SSSR count). The number of nitrogens with zero attached hydrogens (tertiary/aromatic N) is 1. The number of fused-ring (bicyclic) bond motifs is 3. The number of anilines is 1. The Morgan fingerprint density at radius 2 is 1.92 bits per heavy atom.